The molecule has 4 aliphatic carbocycles. The van der Waals surface area contributed by atoms with E-state index in [1.807, 2.05) is 20.8 Å². The van der Waals surface area contributed by atoms with Gasteiger partial charge in [-0.15, -0.1) is 0 Å². The Bertz CT molecular complexity index is 835. The molecule has 0 saturated heterocycles. The molecule has 0 aliphatic heterocycles. The Morgan fingerprint density at radius 3 is 1.78 bits per heavy atom. The number of hydrogen-bond acceptors (Lipinski definition) is 2. The molecule has 2 atom stereocenters. The van der Waals surface area contributed by atoms with Crippen molar-refractivity contribution in [3.63, 3.8) is 0 Å². The molecule has 0 spiro atoms. The lowest BCUT2D eigenvalue weighted by Gasteiger charge is -2.73. The van der Waals surface area contributed by atoms with Crippen molar-refractivity contribution in [3.8, 4) is 0 Å². The molecule has 27 heavy (non-hydrogen) atoms. The van der Waals surface area contributed by atoms with Crippen molar-refractivity contribution < 1.29 is 8.42 Å². The van der Waals surface area contributed by atoms with Gasteiger partial charge in [0.2, 0.25) is 0 Å². The number of allylic oxidation sites excluding steroid dienone is 4. The van der Waals surface area contributed by atoms with Gasteiger partial charge in [0, 0.05) is 10.8 Å². The average Bonchev–Trinajstić information content (AvgIpc) is 2.78. The Morgan fingerprint density at radius 1 is 0.778 bits per heavy atom. The zero-order valence-corrected chi connectivity index (χ0v) is 20.1. The lowest BCUT2D eigenvalue weighted by Crippen LogP contribution is -2.68. The van der Waals surface area contributed by atoms with Crippen LogP contribution in [0.5, 0.6) is 0 Å². The Balaban J connectivity index is 2.03. The Hall–Kier alpha value is -0.353. The molecule has 0 heterocycles. The molecule has 0 aromatic rings. The highest BCUT2D eigenvalue weighted by molar-refractivity contribution is 7.96. The standard InChI is InChI=1S/C23H38O2SSi/c1-21(2,3)26(24,25)19-20(27(4,5)6)23-16-12-8-11-15-22(19,23)17-13-9-7-10-14-18(17)23/h7-16H2,1-6H3. The van der Waals surface area contributed by atoms with Gasteiger partial charge in [-0.05, 0) is 59.3 Å². The molecule has 0 aromatic heterocycles. The SMILES string of the molecule is CC(C)(C)S(=O)(=O)C1=C([Si](C)(C)C)C23CCCCCC12C1=C3CCCCC1. The Labute approximate surface area is 167 Å². The normalized spacial score (nSPS) is 34.6. The van der Waals surface area contributed by atoms with Gasteiger partial charge in [0.15, 0.2) is 9.84 Å². The fraction of sp³-hybridized carbons (Fsp3) is 0.826. The number of sulfone groups is 1. The molecule has 1 fully saturated rings. The van der Waals surface area contributed by atoms with E-state index in [1.54, 1.807) is 11.1 Å². The van der Waals surface area contributed by atoms with Gasteiger partial charge in [-0.3, -0.25) is 0 Å². The van der Waals surface area contributed by atoms with Gasteiger partial charge in [0.25, 0.3) is 0 Å². The van der Waals surface area contributed by atoms with E-state index in [-0.39, 0.29) is 10.8 Å². The molecular formula is C23H38O2SSi. The zero-order chi connectivity index (χ0) is 19.9. The van der Waals surface area contributed by atoms with Gasteiger partial charge in [-0.2, -0.15) is 0 Å². The predicted molar refractivity (Wildman–Crippen MR) is 117 cm³/mol. The molecular weight excluding hydrogens is 368 g/mol. The van der Waals surface area contributed by atoms with Gasteiger partial charge in [0.05, 0.1) is 17.7 Å². The molecule has 0 aromatic carbocycles. The van der Waals surface area contributed by atoms with Crippen molar-refractivity contribution in [1.82, 2.24) is 0 Å². The van der Waals surface area contributed by atoms with Gasteiger partial charge >= 0.3 is 0 Å². The summed E-state index contributed by atoms with van der Waals surface area (Å²) < 4.78 is 27.2. The van der Waals surface area contributed by atoms with E-state index in [1.165, 1.54) is 56.6 Å². The predicted octanol–water partition coefficient (Wildman–Crippen LogP) is 6.56. The molecule has 1 saturated carbocycles. The third kappa shape index (κ3) is 2.26. The van der Waals surface area contributed by atoms with Crippen LogP contribution in [0.1, 0.15) is 85.0 Å². The second-order valence-corrected chi connectivity index (χ2v) is 19.1. The summed E-state index contributed by atoms with van der Waals surface area (Å²) >= 11 is 0. The minimum atomic E-state index is -3.29. The first-order chi connectivity index (χ1) is 12.4. The maximum atomic E-state index is 13.9. The van der Waals surface area contributed by atoms with E-state index >= 15 is 0 Å². The lowest BCUT2D eigenvalue weighted by atomic mass is 9.37. The molecule has 2 nitrogen and oxygen atoms in total. The van der Waals surface area contributed by atoms with Crippen LogP contribution in [0.3, 0.4) is 0 Å². The highest BCUT2D eigenvalue weighted by Crippen LogP contribution is 2.83. The lowest BCUT2D eigenvalue weighted by molar-refractivity contribution is 0.0873. The van der Waals surface area contributed by atoms with E-state index in [2.05, 4.69) is 19.6 Å². The van der Waals surface area contributed by atoms with Crippen LogP contribution < -0.4 is 0 Å². The van der Waals surface area contributed by atoms with Gasteiger partial charge in [0.1, 0.15) is 0 Å². The van der Waals surface area contributed by atoms with E-state index < -0.39 is 22.7 Å². The van der Waals surface area contributed by atoms with Crippen molar-refractivity contribution in [2.24, 2.45) is 10.8 Å². The third-order valence-corrected chi connectivity index (χ3v) is 13.0. The summed E-state index contributed by atoms with van der Waals surface area (Å²) in [5.41, 5.74) is 3.34. The highest BCUT2D eigenvalue weighted by Gasteiger charge is 2.77. The molecule has 0 bridgehead atoms. The maximum Gasteiger partial charge on any atom is 0.179 e. The van der Waals surface area contributed by atoms with Crippen LogP contribution in [0.4, 0.5) is 0 Å². The fourth-order valence-corrected chi connectivity index (χ4v) is 13.0. The molecule has 4 heteroatoms. The molecule has 152 valence electrons. The average molecular weight is 407 g/mol. The first kappa shape index (κ1) is 19.9. The molecule has 0 amide bonds. The molecule has 0 radical (unpaired) electrons. The van der Waals surface area contributed by atoms with Gasteiger partial charge in [-0.1, -0.05) is 61.7 Å². The van der Waals surface area contributed by atoms with Crippen LogP contribution in [0.25, 0.3) is 0 Å². The molecule has 4 rings (SSSR count). The van der Waals surface area contributed by atoms with Crippen LogP contribution in [-0.2, 0) is 9.84 Å². The quantitative estimate of drug-likeness (QED) is 0.384. The summed E-state index contributed by atoms with van der Waals surface area (Å²) in [4.78, 5) is 0.934. The topological polar surface area (TPSA) is 34.1 Å². The van der Waals surface area contributed by atoms with Crippen LogP contribution in [0, 0.1) is 10.8 Å². The smallest absolute Gasteiger partial charge is 0.179 e. The first-order valence-electron chi connectivity index (χ1n) is 11.2. The maximum absolute atomic E-state index is 13.9. The van der Waals surface area contributed by atoms with Crippen molar-refractivity contribution in [3.05, 3.63) is 21.2 Å². The number of rotatable bonds is 2. The fourth-order valence-electron chi connectivity index (χ4n) is 7.09. The van der Waals surface area contributed by atoms with Crippen molar-refractivity contribution >= 4 is 17.9 Å². The second-order valence-electron chi connectivity index (χ2n) is 11.5. The van der Waals surface area contributed by atoms with Gasteiger partial charge in [-0.25, -0.2) is 8.42 Å². The summed E-state index contributed by atoms with van der Waals surface area (Å²) in [6, 6.07) is 0. The van der Waals surface area contributed by atoms with E-state index in [9.17, 15) is 8.42 Å². The minimum absolute atomic E-state index is 0.106. The van der Waals surface area contributed by atoms with Crippen LogP contribution in [0.2, 0.25) is 19.6 Å². The summed E-state index contributed by atoms with van der Waals surface area (Å²) in [5.74, 6) is 0. The van der Waals surface area contributed by atoms with Crippen molar-refractivity contribution in [2.45, 2.75) is 109 Å². The van der Waals surface area contributed by atoms with Crippen LogP contribution in [-0.4, -0.2) is 21.2 Å². The van der Waals surface area contributed by atoms with E-state index in [4.69, 9.17) is 0 Å². The highest BCUT2D eigenvalue weighted by atomic mass is 32.2. The van der Waals surface area contributed by atoms with Crippen LogP contribution >= 0.6 is 0 Å². The number of hydrogen-bond donors (Lipinski definition) is 0. The summed E-state index contributed by atoms with van der Waals surface area (Å²) in [7, 11) is -5.04. The summed E-state index contributed by atoms with van der Waals surface area (Å²) in [6.45, 7) is 12.9. The second kappa shape index (κ2) is 5.84. The molecule has 0 N–H and O–H groups in total. The Kier molecular flexibility index (Phi) is 4.31. The zero-order valence-electron chi connectivity index (χ0n) is 18.3. The van der Waals surface area contributed by atoms with Crippen LogP contribution in [0.15, 0.2) is 21.2 Å². The Morgan fingerprint density at radius 2 is 1.26 bits per heavy atom. The first-order valence-corrected chi connectivity index (χ1v) is 16.1. The largest absolute Gasteiger partial charge is 0.223 e. The van der Waals surface area contributed by atoms with E-state index in [0.29, 0.717) is 0 Å². The molecule has 4 aliphatic rings. The summed E-state index contributed by atoms with van der Waals surface area (Å²) in [5, 5.41) is 1.44. The molecule has 2 unspecified atom stereocenters. The van der Waals surface area contributed by atoms with Crippen molar-refractivity contribution in [2.75, 3.05) is 0 Å². The van der Waals surface area contributed by atoms with Gasteiger partial charge < -0.3 is 0 Å². The minimum Gasteiger partial charge on any atom is -0.223 e. The van der Waals surface area contributed by atoms with E-state index in [0.717, 1.165) is 17.7 Å². The van der Waals surface area contributed by atoms with Crippen molar-refractivity contribution in [1.29, 1.82) is 0 Å². The monoisotopic (exact) mass is 406 g/mol. The third-order valence-electron chi connectivity index (χ3n) is 7.95. The summed E-state index contributed by atoms with van der Waals surface area (Å²) in [6.07, 6.45) is 12.3.